The summed E-state index contributed by atoms with van der Waals surface area (Å²) in [7, 11) is 3.88. The molecule has 0 bridgehead atoms. The van der Waals surface area contributed by atoms with Crippen molar-refractivity contribution in [3.05, 3.63) is 11.8 Å². The standard InChI is InChI=1S/C11H19N5O.2ClH/c1-7-4-10(16(2)3)15-11(13-7)14-8-5-12-6-9(8)17;;/h4,8-9,12,17H,5-6H2,1-3H3,(H,13,14,15);2*1H. The number of aliphatic hydroxyl groups is 1. The number of aromatic nitrogens is 2. The highest BCUT2D eigenvalue weighted by atomic mass is 35.5. The zero-order valence-electron chi connectivity index (χ0n) is 11.3. The first-order chi connectivity index (χ1) is 8.06. The SMILES string of the molecule is Cc1cc(N(C)C)nc(NC2CNCC2O)n1.Cl.Cl. The van der Waals surface area contributed by atoms with Crippen LogP contribution in [-0.2, 0) is 0 Å². The Labute approximate surface area is 125 Å². The number of nitrogens with one attached hydrogen (secondary N) is 2. The maximum atomic E-state index is 9.71. The van der Waals surface area contributed by atoms with Crippen LogP contribution in [0.2, 0.25) is 0 Å². The van der Waals surface area contributed by atoms with Gasteiger partial charge in [-0.3, -0.25) is 0 Å². The van der Waals surface area contributed by atoms with E-state index in [2.05, 4.69) is 20.6 Å². The van der Waals surface area contributed by atoms with Crippen LogP contribution in [-0.4, -0.2) is 54.4 Å². The van der Waals surface area contributed by atoms with Gasteiger partial charge in [-0.15, -0.1) is 24.8 Å². The van der Waals surface area contributed by atoms with Crippen molar-refractivity contribution in [1.29, 1.82) is 0 Å². The maximum Gasteiger partial charge on any atom is 0.225 e. The van der Waals surface area contributed by atoms with Gasteiger partial charge in [-0.25, -0.2) is 4.98 Å². The largest absolute Gasteiger partial charge is 0.390 e. The molecule has 2 unspecified atom stereocenters. The zero-order chi connectivity index (χ0) is 12.4. The normalized spacial score (nSPS) is 21.3. The van der Waals surface area contributed by atoms with Crippen LogP contribution < -0.4 is 15.5 Å². The average Bonchev–Trinajstić information content (AvgIpc) is 2.63. The zero-order valence-corrected chi connectivity index (χ0v) is 12.9. The summed E-state index contributed by atoms with van der Waals surface area (Å²) in [5.74, 6) is 1.43. The average molecular weight is 310 g/mol. The fraction of sp³-hybridized carbons (Fsp3) is 0.636. The molecule has 1 aliphatic heterocycles. The van der Waals surface area contributed by atoms with E-state index in [-0.39, 0.29) is 37.0 Å². The van der Waals surface area contributed by atoms with E-state index in [1.165, 1.54) is 0 Å². The van der Waals surface area contributed by atoms with Gasteiger partial charge in [0.2, 0.25) is 5.95 Å². The maximum absolute atomic E-state index is 9.71. The highest BCUT2D eigenvalue weighted by Crippen LogP contribution is 2.14. The van der Waals surface area contributed by atoms with E-state index < -0.39 is 0 Å². The summed E-state index contributed by atoms with van der Waals surface area (Å²) in [5, 5.41) is 16.0. The molecule has 2 atom stereocenters. The van der Waals surface area contributed by atoms with Crippen LogP contribution in [0.15, 0.2) is 6.07 Å². The second kappa shape index (κ2) is 7.69. The molecular formula is C11H21Cl2N5O. The molecule has 1 aliphatic rings. The topological polar surface area (TPSA) is 73.3 Å². The fourth-order valence-corrected chi connectivity index (χ4v) is 1.82. The third-order valence-corrected chi connectivity index (χ3v) is 2.80. The lowest BCUT2D eigenvalue weighted by atomic mass is 10.2. The Bertz CT molecular complexity index is 405. The predicted octanol–water partition coefficient (Wildman–Crippen LogP) is 0.439. The van der Waals surface area contributed by atoms with Gasteiger partial charge in [-0.1, -0.05) is 0 Å². The molecule has 0 amide bonds. The molecule has 19 heavy (non-hydrogen) atoms. The number of hydrogen-bond acceptors (Lipinski definition) is 6. The van der Waals surface area contributed by atoms with E-state index in [4.69, 9.17) is 0 Å². The lowest BCUT2D eigenvalue weighted by molar-refractivity contribution is 0.185. The van der Waals surface area contributed by atoms with Crippen molar-refractivity contribution < 1.29 is 5.11 Å². The second-order valence-electron chi connectivity index (χ2n) is 4.56. The van der Waals surface area contributed by atoms with Gasteiger partial charge >= 0.3 is 0 Å². The van der Waals surface area contributed by atoms with Gasteiger partial charge in [-0.2, -0.15) is 4.98 Å². The molecule has 1 aromatic heterocycles. The van der Waals surface area contributed by atoms with Crippen molar-refractivity contribution in [3.8, 4) is 0 Å². The minimum atomic E-state index is -0.387. The van der Waals surface area contributed by atoms with Crippen molar-refractivity contribution in [3.63, 3.8) is 0 Å². The summed E-state index contributed by atoms with van der Waals surface area (Å²) in [5.41, 5.74) is 0.909. The summed E-state index contributed by atoms with van der Waals surface area (Å²) >= 11 is 0. The van der Waals surface area contributed by atoms with Crippen LogP contribution in [0.25, 0.3) is 0 Å². The summed E-state index contributed by atoms with van der Waals surface area (Å²) in [6.45, 7) is 3.28. The van der Waals surface area contributed by atoms with Crippen LogP contribution in [0, 0.1) is 6.92 Å². The quantitative estimate of drug-likeness (QED) is 0.752. The van der Waals surface area contributed by atoms with E-state index in [1.54, 1.807) is 0 Å². The van der Waals surface area contributed by atoms with Gasteiger partial charge in [0.15, 0.2) is 0 Å². The first kappa shape index (κ1) is 18.2. The minimum Gasteiger partial charge on any atom is -0.390 e. The number of aryl methyl sites for hydroxylation is 1. The molecular weight excluding hydrogens is 289 g/mol. The van der Waals surface area contributed by atoms with Crippen LogP contribution >= 0.6 is 24.8 Å². The molecule has 110 valence electrons. The van der Waals surface area contributed by atoms with Crippen molar-refractivity contribution in [1.82, 2.24) is 15.3 Å². The Morgan fingerprint density at radius 2 is 2.00 bits per heavy atom. The number of β-amino-alcohol motifs (C(OH)–C–C–N with tert-alkyl or cyclic N) is 1. The molecule has 1 fully saturated rings. The van der Waals surface area contributed by atoms with Crippen molar-refractivity contribution in [2.24, 2.45) is 0 Å². The Hall–Kier alpha value is -0.820. The Balaban J connectivity index is 0.00000162. The van der Waals surface area contributed by atoms with Gasteiger partial charge in [0.05, 0.1) is 12.1 Å². The Morgan fingerprint density at radius 3 is 2.53 bits per heavy atom. The van der Waals surface area contributed by atoms with Gasteiger partial charge in [0, 0.05) is 38.9 Å². The van der Waals surface area contributed by atoms with E-state index in [9.17, 15) is 5.11 Å². The van der Waals surface area contributed by atoms with Gasteiger partial charge in [0.25, 0.3) is 0 Å². The molecule has 2 rings (SSSR count). The number of nitrogens with zero attached hydrogens (tertiary/aromatic N) is 3. The third-order valence-electron chi connectivity index (χ3n) is 2.80. The summed E-state index contributed by atoms with van der Waals surface area (Å²) in [4.78, 5) is 10.7. The smallest absolute Gasteiger partial charge is 0.225 e. The minimum absolute atomic E-state index is 0. The van der Waals surface area contributed by atoms with E-state index in [1.807, 2.05) is 32.0 Å². The van der Waals surface area contributed by atoms with E-state index in [0.29, 0.717) is 12.5 Å². The lowest BCUT2D eigenvalue weighted by Crippen LogP contribution is -2.33. The summed E-state index contributed by atoms with van der Waals surface area (Å²) in [6, 6.07) is 1.90. The highest BCUT2D eigenvalue weighted by Gasteiger charge is 2.25. The number of rotatable bonds is 3. The second-order valence-corrected chi connectivity index (χ2v) is 4.56. The number of aliphatic hydroxyl groups excluding tert-OH is 1. The molecule has 6 nitrogen and oxygen atoms in total. The highest BCUT2D eigenvalue weighted by molar-refractivity contribution is 5.85. The summed E-state index contributed by atoms with van der Waals surface area (Å²) in [6.07, 6.45) is -0.387. The lowest BCUT2D eigenvalue weighted by Gasteiger charge is -2.18. The molecule has 0 aliphatic carbocycles. The predicted molar refractivity (Wildman–Crippen MR) is 81.9 cm³/mol. The first-order valence-electron chi connectivity index (χ1n) is 5.74. The van der Waals surface area contributed by atoms with Crippen LogP contribution in [0.4, 0.5) is 11.8 Å². The summed E-state index contributed by atoms with van der Waals surface area (Å²) < 4.78 is 0. The molecule has 8 heteroatoms. The molecule has 2 heterocycles. The number of halogens is 2. The first-order valence-corrected chi connectivity index (χ1v) is 5.74. The number of anilines is 2. The third kappa shape index (κ3) is 4.65. The van der Waals surface area contributed by atoms with Crippen LogP contribution in [0.3, 0.4) is 0 Å². The van der Waals surface area contributed by atoms with Crippen molar-refractivity contribution in [2.75, 3.05) is 37.4 Å². The van der Waals surface area contributed by atoms with Crippen LogP contribution in [0.1, 0.15) is 5.69 Å². The molecule has 0 radical (unpaired) electrons. The molecule has 0 spiro atoms. The van der Waals surface area contributed by atoms with Crippen molar-refractivity contribution in [2.45, 2.75) is 19.1 Å². The molecule has 1 saturated heterocycles. The fourth-order valence-electron chi connectivity index (χ4n) is 1.82. The van der Waals surface area contributed by atoms with Crippen molar-refractivity contribution >= 4 is 36.6 Å². The molecule has 0 aromatic carbocycles. The monoisotopic (exact) mass is 309 g/mol. The van der Waals surface area contributed by atoms with E-state index in [0.717, 1.165) is 18.1 Å². The molecule has 0 saturated carbocycles. The van der Waals surface area contributed by atoms with Gasteiger partial charge in [-0.05, 0) is 6.92 Å². The van der Waals surface area contributed by atoms with E-state index >= 15 is 0 Å². The number of hydrogen-bond donors (Lipinski definition) is 3. The Kier molecular flexibility index (Phi) is 7.36. The van der Waals surface area contributed by atoms with Gasteiger partial charge < -0.3 is 20.6 Å². The molecule has 3 N–H and O–H groups in total. The van der Waals surface area contributed by atoms with Gasteiger partial charge in [0.1, 0.15) is 5.82 Å². The Morgan fingerprint density at radius 1 is 1.32 bits per heavy atom. The van der Waals surface area contributed by atoms with Crippen LogP contribution in [0.5, 0.6) is 0 Å². The molecule has 1 aromatic rings.